The van der Waals surface area contributed by atoms with E-state index in [0.717, 1.165) is 27.1 Å². The number of carbonyl (C=O) groups is 6. The van der Waals surface area contributed by atoms with Gasteiger partial charge >= 0.3 is 0 Å². The van der Waals surface area contributed by atoms with Crippen LogP contribution in [0.25, 0.3) is 22.3 Å². The van der Waals surface area contributed by atoms with Gasteiger partial charge in [0.05, 0.1) is 40.7 Å². The van der Waals surface area contributed by atoms with E-state index in [0.29, 0.717) is 40.2 Å². The Kier molecular flexibility index (Phi) is 10.4. The van der Waals surface area contributed by atoms with Crippen LogP contribution in [0.1, 0.15) is 58.4 Å². The third-order valence-corrected chi connectivity index (χ3v) is 9.91. The number of carbonyl (C=O) groups excluding carboxylic acids is 6. The summed E-state index contributed by atoms with van der Waals surface area (Å²) in [4.78, 5) is 80.7. The van der Waals surface area contributed by atoms with Crippen molar-refractivity contribution < 1.29 is 28.8 Å². The molecule has 17 heteroatoms. The van der Waals surface area contributed by atoms with E-state index in [9.17, 15) is 28.8 Å². The van der Waals surface area contributed by atoms with Gasteiger partial charge in [-0.05, 0) is 49.2 Å². The molecule has 0 aliphatic carbocycles. The first-order chi connectivity index (χ1) is 26.1. The number of nitrogens with zero attached hydrogens (tertiary/aromatic N) is 4. The van der Waals surface area contributed by atoms with Crippen LogP contribution in [0.2, 0.25) is 10.0 Å². The summed E-state index contributed by atoms with van der Waals surface area (Å²) in [6.07, 6.45) is 2.33. The molecule has 2 aromatic heterocycles. The van der Waals surface area contributed by atoms with Crippen molar-refractivity contribution in [1.29, 1.82) is 0 Å². The minimum atomic E-state index is -1.06. The number of nitrogens with one attached hydrogen (secondary N) is 5. The highest BCUT2D eigenvalue weighted by Crippen LogP contribution is 2.33. The highest BCUT2D eigenvalue weighted by molar-refractivity contribution is 6.36. The van der Waals surface area contributed by atoms with Gasteiger partial charge in [0.15, 0.2) is 5.82 Å². The maximum absolute atomic E-state index is 13.2. The second-order valence-electron chi connectivity index (χ2n) is 12.8. The maximum Gasteiger partial charge on any atom is 0.264 e. The van der Waals surface area contributed by atoms with Crippen LogP contribution in [-0.4, -0.2) is 79.2 Å². The quantitative estimate of drug-likeness (QED) is 0.0844. The Morgan fingerprint density at radius 3 is 2.48 bits per heavy atom. The first kappa shape index (κ1) is 36.3. The first-order valence-corrected chi connectivity index (χ1v) is 17.9. The van der Waals surface area contributed by atoms with E-state index in [1.54, 1.807) is 42.7 Å². The number of piperidine rings is 1. The lowest BCUT2D eigenvalue weighted by molar-refractivity contribution is -0.136. The van der Waals surface area contributed by atoms with Gasteiger partial charge in [0.25, 0.3) is 11.8 Å². The predicted molar refractivity (Wildman–Crippen MR) is 200 cm³/mol. The van der Waals surface area contributed by atoms with Crippen molar-refractivity contribution in [1.82, 2.24) is 35.3 Å². The van der Waals surface area contributed by atoms with E-state index in [1.807, 2.05) is 22.8 Å². The second kappa shape index (κ2) is 15.5. The van der Waals surface area contributed by atoms with E-state index in [2.05, 4.69) is 36.4 Å². The summed E-state index contributed by atoms with van der Waals surface area (Å²) in [5.41, 5.74) is 4.65. The lowest BCUT2D eigenvalue weighted by Crippen LogP contribution is -2.54. The molecule has 2 aliphatic rings. The van der Waals surface area contributed by atoms with Crippen LogP contribution < -0.4 is 21.3 Å². The van der Waals surface area contributed by atoms with Crippen LogP contribution in [-0.2, 0) is 25.7 Å². The number of hydrogen-bond acceptors (Lipinski definition) is 9. The molecular weight excluding hydrogens is 737 g/mol. The molecule has 0 spiro atoms. The van der Waals surface area contributed by atoms with Gasteiger partial charge < -0.3 is 20.5 Å². The Balaban J connectivity index is 0.856. The molecular formula is C37H33Cl2N9O6. The molecule has 1 saturated heterocycles. The van der Waals surface area contributed by atoms with Crippen molar-refractivity contribution in [3.05, 3.63) is 93.7 Å². The van der Waals surface area contributed by atoms with E-state index in [-0.39, 0.29) is 61.7 Å². The van der Waals surface area contributed by atoms with E-state index in [4.69, 9.17) is 23.2 Å². The predicted octanol–water partition coefficient (Wildman–Crippen LogP) is 4.52. The summed E-state index contributed by atoms with van der Waals surface area (Å²) < 4.78 is 1.96. The van der Waals surface area contributed by atoms with Crippen molar-refractivity contribution in [2.75, 3.05) is 23.7 Å². The summed E-state index contributed by atoms with van der Waals surface area (Å²) >= 11 is 12.8. The van der Waals surface area contributed by atoms with Gasteiger partial charge in [-0.1, -0.05) is 41.4 Å². The van der Waals surface area contributed by atoms with Crippen molar-refractivity contribution in [3.63, 3.8) is 0 Å². The molecule has 2 aliphatic heterocycles. The Morgan fingerprint density at radius 1 is 0.907 bits per heavy atom. The molecule has 276 valence electrons. The molecule has 5 N–H and O–H groups in total. The van der Waals surface area contributed by atoms with Crippen molar-refractivity contribution >= 4 is 81.2 Å². The Bertz CT molecular complexity index is 2320. The highest BCUT2D eigenvalue weighted by Gasteiger charge is 2.45. The van der Waals surface area contributed by atoms with Gasteiger partial charge in [-0.3, -0.25) is 44.1 Å². The fourth-order valence-electron chi connectivity index (χ4n) is 6.50. The van der Waals surface area contributed by atoms with E-state index in [1.165, 1.54) is 6.07 Å². The number of imidazole rings is 1. The lowest BCUT2D eigenvalue weighted by Gasteiger charge is -2.27. The molecule has 0 saturated carbocycles. The van der Waals surface area contributed by atoms with Crippen LogP contribution in [0.15, 0.2) is 67.0 Å². The zero-order chi connectivity index (χ0) is 37.9. The average Bonchev–Trinajstić information content (AvgIpc) is 3.85. The second-order valence-corrected chi connectivity index (χ2v) is 13.6. The van der Waals surface area contributed by atoms with E-state index < -0.39 is 29.7 Å². The molecule has 1 fully saturated rings. The molecule has 7 rings (SSSR count). The van der Waals surface area contributed by atoms with Gasteiger partial charge in [0.1, 0.15) is 6.04 Å². The molecule has 1 atom stereocenters. The van der Waals surface area contributed by atoms with Crippen LogP contribution in [0.3, 0.4) is 0 Å². The van der Waals surface area contributed by atoms with Crippen molar-refractivity contribution in [2.24, 2.45) is 0 Å². The number of imide groups is 2. The summed E-state index contributed by atoms with van der Waals surface area (Å²) in [6.45, 7) is 0.895. The van der Waals surface area contributed by atoms with E-state index >= 15 is 0 Å². The molecule has 54 heavy (non-hydrogen) atoms. The number of hydrogen-bond donors (Lipinski definition) is 5. The third-order valence-electron chi connectivity index (χ3n) is 9.21. The van der Waals surface area contributed by atoms with Crippen LogP contribution >= 0.6 is 23.2 Å². The van der Waals surface area contributed by atoms with Crippen LogP contribution in [0, 0.1) is 0 Å². The normalized spacial score (nSPS) is 15.4. The average molecular weight is 771 g/mol. The minimum Gasteiger partial charge on any atom is -0.383 e. The molecule has 0 radical (unpaired) electrons. The molecule has 3 aromatic carbocycles. The SMILES string of the molecule is O=C(CCCC(=O)Nc1cc(-c2ccc3ncn(Cc4c(Cl)cccc4Cl)c3c2)[nH]n1)NCCNc1cccc2c1C(=O)N(C1CCC(=O)NC1=O)C2=O. The number of aromatic nitrogens is 4. The zero-order valence-electron chi connectivity index (χ0n) is 28.6. The van der Waals surface area contributed by atoms with Crippen molar-refractivity contribution in [3.8, 4) is 11.3 Å². The summed E-state index contributed by atoms with van der Waals surface area (Å²) in [5.74, 6) is -2.56. The Labute approximate surface area is 317 Å². The molecule has 1 unspecified atom stereocenters. The number of aromatic amines is 1. The Morgan fingerprint density at radius 2 is 1.69 bits per heavy atom. The summed E-state index contributed by atoms with van der Waals surface area (Å²) in [7, 11) is 0. The number of amides is 6. The molecule has 4 heterocycles. The van der Waals surface area contributed by atoms with Crippen LogP contribution in [0.5, 0.6) is 0 Å². The van der Waals surface area contributed by atoms with Crippen molar-refractivity contribution in [2.45, 2.75) is 44.7 Å². The van der Waals surface area contributed by atoms with Gasteiger partial charge in [-0.25, -0.2) is 4.98 Å². The number of rotatable bonds is 13. The fraction of sp³-hybridized carbons (Fsp3) is 0.243. The Hall–Kier alpha value is -6.06. The lowest BCUT2D eigenvalue weighted by atomic mass is 10.0. The van der Waals surface area contributed by atoms with Gasteiger partial charge in [-0.15, -0.1) is 0 Å². The largest absolute Gasteiger partial charge is 0.383 e. The smallest absolute Gasteiger partial charge is 0.264 e. The number of benzene rings is 3. The molecule has 0 bridgehead atoms. The maximum atomic E-state index is 13.2. The fourth-order valence-corrected chi connectivity index (χ4v) is 7.02. The number of fused-ring (bicyclic) bond motifs is 2. The van der Waals surface area contributed by atoms with Crippen LogP contribution in [0.4, 0.5) is 11.5 Å². The topological polar surface area (TPSA) is 200 Å². The highest BCUT2D eigenvalue weighted by atomic mass is 35.5. The minimum absolute atomic E-state index is 0.0286. The number of H-pyrrole nitrogens is 1. The number of halogens is 2. The van der Waals surface area contributed by atoms with Gasteiger partial charge in [0, 0.05) is 65.3 Å². The van der Waals surface area contributed by atoms with Gasteiger partial charge in [-0.2, -0.15) is 5.10 Å². The number of anilines is 2. The standard InChI is InChI=1S/C37H33Cl2N9O6/c38-23-5-2-6-24(39)22(23)18-47-19-42-25-11-10-20(16-29(25)47)27-17-30(46-45-27)43-32(50)9-3-8-31(49)41-15-14-40-26-7-1-4-21-34(26)37(54)48(36(21)53)28-12-13-33(51)44-35(28)52/h1-2,4-7,10-11,16-17,19,28,40H,3,8-9,12-15,18H2,(H,41,49)(H,44,51,52)(H2,43,45,46,50). The third kappa shape index (κ3) is 7.54. The summed E-state index contributed by atoms with van der Waals surface area (Å²) in [6, 6.07) is 16.6. The zero-order valence-corrected chi connectivity index (χ0v) is 30.1. The van der Waals surface area contributed by atoms with Gasteiger partial charge in [0.2, 0.25) is 23.6 Å². The summed E-state index contributed by atoms with van der Waals surface area (Å²) in [5, 5.41) is 19.1. The molecule has 5 aromatic rings. The first-order valence-electron chi connectivity index (χ1n) is 17.2. The monoisotopic (exact) mass is 769 g/mol. The molecule has 15 nitrogen and oxygen atoms in total. The molecule has 6 amide bonds.